The van der Waals surface area contributed by atoms with Crippen molar-refractivity contribution in [2.45, 2.75) is 45.6 Å². The fraction of sp³-hybridized carbons (Fsp3) is 0.625. The number of rotatable bonds is 4. The second kappa shape index (κ2) is 7.12. The molecule has 1 fully saturated rings. The number of pyridine rings is 1. The summed E-state index contributed by atoms with van der Waals surface area (Å²) in [7, 11) is 1.88. The number of halogens is 1. The standard InChI is InChI=1S/C16H24ClN3O/c1-4-18-15-14(17)9-12(10-19-15)16(21)20(3)13-7-5-11(2)6-8-13/h9-11,13H,4-8H2,1-3H3,(H,18,19). The molecule has 1 N–H and O–H groups in total. The first-order chi connectivity index (χ1) is 10.0. The minimum absolute atomic E-state index is 0.00648. The van der Waals surface area contributed by atoms with Gasteiger partial charge in [-0.2, -0.15) is 0 Å². The Balaban J connectivity index is 2.07. The maximum atomic E-state index is 12.6. The lowest BCUT2D eigenvalue weighted by atomic mass is 9.86. The summed E-state index contributed by atoms with van der Waals surface area (Å²) in [6.07, 6.45) is 6.16. The normalized spacial score (nSPS) is 21.9. The Morgan fingerprint density at radius 3 is 2.67 bits per heavy atom. The van der Waals surface area contributed by atoms with Gasteiger partial charge in [-0.1, -0.05) is 18.5 Å². The molecule has 21 heavy (non-hydrogen) atoms. The molecule has 0 bridgehead atoms. The molecule has 0 radical (unpaired) electrons. The molecule has 0 unspecified atom stereocenters. The van der Waals surface area contributed by atoms with Crippen LogP contribution in [0.25, 0.3) is 0 Å². The van der Waals surface area contributed by atoms with Crippen LogP contribution in [-0.4, -0.2) is 35.4 Å². The molecule has 1 amide bonds. The zero-order valence-electron chi connectivity index (χ0n) is 13.0. The molecule has 116 valence electrons. The molecule has 1 aliphatic carbocycles. The van der Waals surface area contributed by atoms with Crippen LogP contribution in [0.15, 0.2) is 12.3 Å². The minimum Gasteiger partial charge on any atom is -0.369 e. The summed E-state index contributed by atoms with van der Waals surface area (Å²) in [5.74, 6) is 1.41. The SMILES string of the molecule is CCNc1ncc(C(=O)N(C)C2CCC(C)CC2)cc1Cl. The van der Waals surface area contributed by atoms with Crippen LogP contribution in [0.4, 0.5) is 5.82 Å². The second-order valence-electron chi connectivity index (χ2n) is 5.91. The summed E-state index contributed by atoms with van der Waals surface area (Å²) in [4.78, 5) is 18.6. The van der Waals surface area contributed by atoms with Crippen molar-refractivity contribution in [3.63, 3.8) is 0 Å². The summed E-state index contributed by atoms with van der Waals surface area (Å²) in [6.45, 7) is 5.01. The molecule has 1 aliphatic rings. The molecular formula is C16H24ClN3O. The molecule has 0 aromatic carbocycles. The van der Waals surface area contributed by atoms with E-state index in [9.17, 15) is 4.79 Å². The van der Waals surface area contributed by atoms with Crippen LogP contribution in [-0.2, 0) is 0 Å². The van der Waals surface area contributed by atoms with Crippen LogP contribution in [0.5, 0.6) is 0 Å². The van der Waals surface area contributed by atoms with Gasteiger partial charge in [-0.05, 0) is 44.6 Å². The number of carbonyl (C=O) groups is 1. The quantitative estimate of drug-likeness (QED) is 0.919. The first kappa shape index (κ1) is 16.1. The Hall–Kier alpha value is -1.29. The highest BCUT2D eigenvalue weighted by atomic mass is 35.5. The van der Waals surface area contributed by atoms with Crippen molar-refractivity contribution in [1.82, 2.24) is 9.88 Å². The van der Waals surface area contributed by atoms with E-state index in [0.717, 1.165) is 25.3 Å². The van der Waals surface area contributed by atoms with E-state index < -0.39 is 0 Å². The third kappa shape index (κ3) is 3.88. The molecule has 1 saturated carbocycles. The van der Waals surface area contributed by atoms with E-state index >= 15 is 0 Å². The summed E-state index contributed by atoms with van der Waals surface area (Å²) in [5, 5.41) is 3.57. The van der Waals surface area contributed by atoms with Crippen LogP contribution in [0.1, 0.15) is 49.9 Å². The Labute approximate surface area is 131 Å². The van der Waals surface area contributed by atoms with Gasteiger partial charge in [0.15, 0.2) is 0 Å². The number of hydrogen-bond acceptors (Lipinski definition) is 3. The Morgan fingerprint density at radius 1 is 1.43 bits per heavy atom. The van der Waals surface area contributed by atoms with Gasteiger partial charge in [0, 0.05) is 25.8 Å². The number of anilines is 1. The van der Waals surface area contributed by atoms with Gasteiger partial charge in [0.05, 0.1) is 10.6 Å². The Bertz CT molecular complexity index is 498. The number of hydrogen-bond donors (Lipinski definition) is 1. The molecule has 0 spiro atoms. The minimum atomic E-state index is 0.00648. The van der Waals surface area contributed by atoms with Crippen molar-refractivity contribution < 1.29 is 4.79 Å². The zero-order valence-corrected chi connectivity index (χ0v) is 13.8. The van der Waals surface area contributed by atoms with Crippen molar-refractivity contribution in [3.05, 3.63) is 22.8 Å². The van der Waals surface area contributed by atoms with Gasteiger partial charge in [-0.3, -0.25) is 4.79 Å². The molecule has 1 heterocycles. The van der Waals surface area contributed by atoms with Crippen LogP contribution in [0.3, 0.4) is 0 Å². The molecule has 1 aromatic heterocycles. The molecule has 1 aromatic rings. The summed E-state index contributed by atoms with van der Waals surface area (Å²) < 4.78 is 0. The van der Waals surface area contributed by atoms with Gasteiger partial charge in [0.25, 0.3) is 5.91 Å². The maximum Gasteiger partial charge on any atom is 0.255 e. The Morgan fingerprint density at radius 2 is 2.10 bits per heavy atom. The van der Waals surface area contributed by atoms with E-state index in [4.69, 9.17) is 11.6 Å². The zero-order chi connectivity index (χ0) is 15.4. The second-order valence-corrected chi connectivity index (χ2v) is 6.32. The monoisotopic (exact) mass is 309 g/mol. The summed E-state index contributed by atoms with van der Waals surface area (Å²) in [5.41, 5.74) is 0.558. The van der Waals surface area contributed by atoms with Crippen molar-refractivity contribution in [3.8, 4) is 0 Å². The van der Waals surface area contributed by atoms with Crippen LogP contribution < -0.4 is 5.32 Å². The predicted octanol–water partition coefficient (Wildman–Crippen LogP) is 3.82. The predicted molar refractivity (Wildman–Crippen MR) is 86.9 cm³/mol. The van der Waals surface area contributed by atoms with E-state index in [1.165, 1.54) is 12.8 Å². The van der Waals surface area contributed by atoms with Crippen molar-refractivity contribution in [2.75, 3.05) is 18.9 Å². The van der Waals surface area contributed by atoms with E-state index in [0.29, 0.717) is 22.4 Å². The molecule has 2 rings (SSSR count). The number of carbonyl (C=O) groups excluding carboxylic acids is 1. The Kier molecular flexibility index (Phi) is 5.45. The fourth-order valence-electron chi connectivity index (χ4n) is 2.85. The first-order valence-electron chi connectivity index (χ1n) is 7.69. The van der Waals surface area contributed by atoms with E-state index in [1.807, 2.05) is 18.9 Å². The van der Waals surface area contributed by atoms with Gasteiger partial charge >= 0.3 is 0 Å². The van der Waals surface area contributed by atoms with E-state index in [1.54, 1.807) is 12.3 Å². The molecule has 0 saturated heterocycles. The highest BCUT2D eigenvalue weighted by Crippen LogP contribution is 2.28. The molecule has 4 nitrogen and oxygen atoms in total. The fourth-order valence-corrected chi connectivity index (χ4v) is 3.08. The highest BCUT2D eigenvalue weighted by Gasteiger charge is 2.25. The van der Waals surface area contributed by atoms with E-state index in [-0.39, 0.29) is 5.91 Å². The van der Waals surface area contributed by atoms with Crippen LogP contribution >= 0.6 is 11.6 Å². The first-order valence-corrected chi connectivity index (χ1v) is 8.07. The smallest absolute Gasteiger partial charge is 0.255 e. The van der Waals surface area contributed by atoms with Crippen LogP contribution in [0.2, 0.25) is 5.02 Å². The molecule has 0 aliphatic heterocycles. The van der Waals surface area contributed by atoms with Gasteiger partial charge < -0.3 is 10.2 Å². The van der Waals surface area contributed by atoms with Crippen molar-refractivity contribution in [1.29, 1.82) is 0 Å². The van der Waals surface area contributed by atoms with Crippen LogP contribution in [0, 0.1) is 5.92 Å². The average Bonchev–Trinajstić information content (AvgIpc) is 2.49. The van der Waals surface area contributed by atoms with Gasteiger partial charge in [0.2, 0.25) is 0 Å². The number of aromatic nitrogens is 1. The van der Waals surface area contributed by atoms with E-state index in [2.05, 4.69) is 17.2 Å². The lowest BCUT2D eigenvalue weighted by Gasteiger charge is -2.33. The van der Waals surface area contributed by atoms with Crippen molar-refractivity contribution >= 4 is 23.3 Å². The summed E-state index contributed by atoms with van der Waals surface area (Å²) >= 11 is 6.17. The highest BCUT2D eigenvalue weighted by molar-refractivity contribution is 6.33. The number of nitrogens with zero attached hydrogens (tertiary/aromatic N) is 2. The lowest BCUT2D eigenvalue weighted by molar-refractivity contribution is 0.0679. The average molecular weight is 310 g/mol. The molecular weight excluding hydrogens is 286 g/mol. The van der Waals surface area contributed by atoms with Gasteiger partial charge in [-0.15, -0.1) is 0 Å². The van der Waals surface area contributed by atoms with Gasteiger partial charge in [0.1, 0.15) is 5.82 Å². The van der Waals surface area contributed by atoms with Gasteiger partial charge in [-0.25, -0.2) is 4.98 Å². The molecule has 5 heteroatoms. The maximum absolute atomic E-state index is 12.6. The third-order valence-corrected chi connectivity index (χ3v) is 4.57. The third-order valence-electron chi connectivity index (χ3n) is 4.29. The topological polar surface area (TPSA) is 45.2 Å². The lowest BCUT2D eigenvalue weighted by Crippen LogP contribution is -2.39. The van der Waals surface area contributed by atoms with Crippen molar-refractivity contribution in [2.24, 2.45) is 5.92 Å². The summed E-state index contributed by atoms with van der Waals surface area (Å²) in [6, 6.07) is 2.04. The largest absolute Gasteiger partial charge is 0.369 e. The number of nitrogens with one attached hydrogen (secondary N) is 1. The molecule has 0 atom stereocenters. The number of amides is 1.